The molecule has 3 rings (SSSR count). The van der Waals surface area contributed by atoms with Crippen LogP contribution in [-0.4, -0.2) is 10.5 Å². The van der Waals surface area contributed by atoms with Crippen molar-refractivity contribution < 1.29 is 4.79 Å². The zero-order valence-electron chi connectivity index (χ0n) is 17.5. The lowest BCUT2D eigenvalue weighted by atomic mass is 10.1. The Bertz CT molecular complexity index is 1160. The van der Waals surface area contributed by atoms with Crippen molar-refractivity contribution in [3.05, 3.63) is 87.7 Å². The molecule has 0 atom stereocenters. The topological polar surface area (TPSA) is 57.8 Å². The normalized spacial score (nSPS) is 11.2. The van der Waals surface area contributed by atoms with Crippen LogP contribution >= 0.6 is 0 Å². The highest BCUT2D eigenvalue weighted by Crippen LogP contribution is 2.24. The van der Waals surface area contributed by atoms with E-state index in [1.807, 2.05) is 57.2 Å². The van der Waals surface area contributed by atoms with E-state index in [-0.39, 0.29) is 5.57 Å². The number of carbonyl (C=O) groups excluding carboxylic acids is 1. The molecule has 0 unspecified atom stereocenters. The molecule has 0 aliphatic carbocycles. The van der Waals surface area contributed by atoms with E-state index in [2.05, 4.69) is 41.9 Å². The number of amides is 1. The van der Waals surface area contributed by atoms with E-state index < -0.39 is 5.91 Å². The summed E-state index contributed by atoms with van der Waals surface area (Å²) in [6.07, 6.45) is 1.66. The lowest BCUT2D eigenvalue weighted by Gasteiger charge is -2.12. The van der Waals surface area contributed by atoms with Gasteiger partial charge in [-0.2, -0.15) is 5.26 Å². The van der Waals surface area contributed by atoms with Gasteiger partial charge < -0.3 is 9.88 Å². The Morgan fingerprint density at radius 3 is 2.34 bits per heavy atom. The Labute approximate surface area is 172 Å². The summed E-state index contributed by atoms with van der Waals surface area (Å²) >= 11 is 0. The Kier molecular flexibility index (Phi) is 5.70. The third kappa shape index (κ3) is 4.14. The molecule has 4 heteroatoms. The van der Waals surface area contributed by atoms with Gasteiger partial charge in [-0.05, 0) is 87.2 Å². The maximum Gasteiger partial charge on any atom is 0.266 e. The molecule has 0 spiro atoms. The number of aromatic nitrogens is 1. The number of hydrogen-bond acceptors (Lipinski definition) is 2. The molecule has 0 fully saturated rings. The summed E-state index contributed by atoms with van der Waals surface area (Å²) in [5.41, 5.74) is 8.18. The number of nitriles is 1. The number of aryl methyl sites for hydroxylation is 4. The van der Waals surface area contributed by atoms with Crippen LogP contribution in [0.15, 0.2) is 54.1 Å². The third-order valence-corrected chi connectivity index (χ3v) is 5.28. The smallest absolute Gasteiger partial charge is 0.266 e. The van der Waals surface area contributed by atoms with Gasteiger partial charge in [0.1, 0.15) is 11.6 Å². The Balaban J connectivity index is 1.96. The summed E-state index contributed by atoms with van der Waals surface area (Å²) in [5, 5.41) is 12.4. The van der Waals surface area contributed by atoms with Crippen molar-refractivity contribution in [1.29, 1.82) is 5.26 Å². The first kappa shape index (κ1) is 20.2. The van der Waals surface area contributed by atoms with Gasteiger partial charge in [-0.3, -0.25) is 4.79 Å². The van der Waals surface area contributed by atoms with Crippen LogP contribution in [0.25, 0.3) is 11.8 Å². The van der Waals surface area contributed by atoms with Crippen LogP contribution in [0.4, 0.5) is 5.69 Å². The number of nitrogens with zero attached hydrogens (tertiary/aromatic N) is 2. The van der Waals surface area contributed by atoms with Gasteiger partial charge in [-0.15, -0.1) is 0 Å². The van der Waals surface area contributed by atoms with Crippen molar-refractivity contribution >= 4 is 17.7 Å². The molecular formula is C25H25N3O. The number of anilines is 1. The second-order valence-electron chi connectivity index (χ2n) is 7.37. The lowest BCUT2D eigenvalue weighted by Crippen LogP contribution is -2.14. The molecule has 146 valence electrons. The molecule has 3 aromatic rings. The average Bonchev–Trinajstić information content (AvgIpc) is 2.97. The average molecular weight is 383 g/mol. The molecule has 1 amide bonds. The van der Waals surface area contributed by atoms with Gasteiger partial charge in [0.15, 0.2) is 0 Å². The maximum absolute atomic E-state index is 12.6. The number of para-hydroxylation sites is 1. The number of carbonyl (C=O) groups is 1. The molecule has 0 saturated carbocycles. The Morgan fingerprint density at radius 2 is 1.69 bits per heavy atom. The van der Waals surface area contributed by atoms with Crippen molar-refractivity contribution in [3.63, 3.8) is 0 Å². The monoisotopic (exact) mass is 383 g/mol. The second kappa shape index (κ2) is 8.20. The van der Waals surface area contributed by atoms with Crippen LogP contribution in [0.2, 0.25) is 0 Å². The van der Waals surface area contributed by atoms with Crippen molar-refractivity contribution in [2.75, 3.05) is 5.32 Å². The third-order valence-electron chi connectivity index (χ3n) is 5.28. The lowest BCUT2D eigenvalue weighted by molar-refractivity contribution is -0.112. The van der Waals surface area contributed by atoms with Gasteiger partial charge in [0.2, 0.25) is 0 Å². The van der Waals surface area contributed by atoms with E-state index in [9.17, 15) is 10.1 Å². The molecule has 1 heterocycles. The molecular weight excluding hydrogens is 358 g/mol. The molecule has 1 aromatic heterocycles. The summed E-state index contributed by atoms with van der Waals surface area (Å²) in [7, 11) is 0. The van der Waals surface area contributed by atoms with Gasteiger partial charge in [-0.25, -0.2) is 0 Å². The van der Waals surface area contributed by atoms with E-state index in [0.29, 0.717) is 5.69 Å². The molecule has 4 nitrogen and oxygen atoms in total. The van der Waals surface area contributed by atoms with Gasteiger partial charge in [0.05, 0.1) is 0 Å². The highest BCUT2D eigenvalue weighted by atomic mass is 16.1. The first-order valence-corrected chi connectivity index (χ1v) is 9.57. The van der Waals surface area contributed by atoms with E-state index >= 15 is 0 Å². The molecule has 0 bridgehead atoms. The van der Waals surface area contributed by atoms with Gasteiger partial charge in [0.25, 0.3) is 5.91 Å². The maximum atomic E-state index is 12.6. The summed E-state index contributed by atoms with van der Waals surface area (Å²) in [4.78, 5) is 12.6. The highest BCUT2D eigenvalue weighted by molar-refractivity contribution is 6.10. The second-order valence-corrected chi connectivity index (χ2v) is 7.37. The SMILES string of the molecule is Cc1ccc(-n2c(C)cc(/C=C(/C#N)C(=O)Nc3ccccc3C)c2C)cc1C. The van der Waals surface area contributed by atoms with E-state index in [1.54, 1.807) is 6.08 Å². The fourth-order valence-electron chi connectivity index (χ4n) is 3.40. The van der Waals surface area contributed by atoms with Crippen LogP contribution in [0.3, 0.4) is 0 Å². The zero-order chi connectivity index (χ0) is 21.1. The Hall–Kier alpha value is -3.58. The fourth-order valence-corrected chi connectivity index (χ4v) is 3.40. The predicted octanol–water partition coefficient (Wildman–Crippen LogP) is 5.57. The number of nitrogens with one attached hydrogen (secondary N) is 1. The fraction of sp³-hybridized carbons (Fsp3) is 0.200. The first-order valence-electron chi connectivity index (χ1n) is 9.57. The molecule has 0 radical (unpaired) electrons. The minimum Gasteiger partial charge on any atom is -0.321 e. The van der Waals surface area contributed by atoms with E-state index in [1.165, 1.54) is 11.1 Å². The zero-order valence-corrected chi connectivity index (χ0v) is 17.5. The largest absolute Gasteiger partial charge is 0.321 e. The summed E-state index contributed by atoms with van der Waals surface area (Å²) < 4.78 is 2.15. The van der Waals surface area contributed by atoms with Crippen LogP contribution in [0.5, 0.6) is 0 Å². The van der Waals surface area contributed by atoms with Crippen molar-refractivity contribution in [2.45, 2.75) is 34.6 Å². The standard InChI is InChI=1S/C25H25N3O/c1-16-10-11-23(12-18(16)3)28-19(4)13-21(20(28)5)14-22(15-26)25(29)27-24-9-7-6-8-17(24)2/h6-14H,1-5H3,(H,27,29)/b22-14-. The molecule has 29 heavy (non-hydrogen) atoms. The van der Waals surface area contributed by atoms with E-state index in [0.717, 1.165) is 28.2 Å². The minimum atomic E-state index is -0.405. The van der Waals surface area contributed by atoms with Crippen LogP contribution in [0.1, 0.15) is 33.6 Å². The van der Waals surface area contributed by atoms with Crippen LogP contribution in [0, 0.1) is 45.9 Å². The van der Waals surface area contributed by atoms with Crippen LogP contribution in [-0.2, 0) is 4.79 Å². The van der Waals surface area contributed by atoms with Gasteiger partial charge in [-0.1, -0.05) is 24.3 Å². The molecule has 0 saturated heterocycles. The van der Waals surface area contributed by atoms with Crippen molar-refractivity contribution in [3.8, 4) is 11.8 Å². The summed E-state index contributed by atoms with van der Waals surface area (Å²) in [6, 6.07) is 17.9. The highest BCUT2D eigenvalue weighted by Gasteiger charge is 2.15. The number of benzene rings is 2. The molecule has 0 aliphatic heterocycles. The van der Waals surface area contributed by atoms with Crippen LogP contribution < -0.4 is 5.32 Å². The first-order chi connectivity index (χ1) is 13.8. The van der Waals surface area contributed by atoms with E-state index in [4.69, 9.17) is 0 Å². The number of hydrogen-bond donors (Lipinski definition) is 1. The van der Waals surface area contributed by atoms with Gasteiger partial charge in [0, 0.05) is 22.8 Å². The van der Waals surface area contributed by atoms with Crippen molar-refractivity contribution in [1.82, 2.24) is 4.57 Å². The van der Waals surface area contributed by atoms with Gasteiger partial charge >= 0.3 is 0 Å². The molecule has 2 aromatic carbocycles. The number of rotatable bonds is 4. The Morgan fingerprint density at radius 1 is 0.966 bits per heavy atom. The minimum absolute atomic E-state index is 0.0774. The predicted molar refractivity (Wildman–Crippen MR) is 118 cm³/mol. The molecule has 1 N–H and O–H groups in total. The summed E-state index contributed by atoms with van der Waals surface area (Å²) in [5.74, 6) is -0.405. The van der Waals surface area contributed by atoms with Crippen molar-refractivity contribution in [2.24, 2.45) is 0 Å². The molecule has 0 aliphatic rings. The quantitative estimate of drug-likeness (QED) is 0.473. The summed E-state index contributed by atoms with van der Waals surface area (Å²) in [6.45, 7) is 10.1.